The van der Waals surface area contributed by atoms with Crippen molar-refractivity contribution < 1.29 is 9.21 Å². The first-order valence-electron chi connectivity index (χ1n) is 8.49. The highest BCUT2D eigenvalue weighted by Crippen LogP contribution is 2.40. The fourth-order valence-electron chi connectivity index (χ4n) is 2.87. The molecule has 6 heteroatoms. The van der Waals surface area contributed by atoms with Crippen LogP contribution in [0.1, 0.15) is 31.1 Å². The van der Waals surface area contributed by atoms with Crippen molar-refractivity contribution in [1.82, 2.24) is 15.2 Å². The molecule has 1 aromatic carbocycles. The number of amides is 2. The third-order valence-electron chi connectivity index (χ3n) is 4.57. The molecule has 24 heavy (non-hydrogen) atoms. The molecule has 0 bridgehead atoms. The summed E-state index contributed by atoms with van der Waals surface area (Å²) >= 11 is 0. The van der Waals surface area contributed by atoms with Crippen LogP contribution in [-0.4, -0.2) is 42.6 Å². The fourth-order valence-corrected chi connectivity index (χ4v) is 2.87. The van der Waals surface area contributed by atoms with Gasteiger partial charge in [0.05, 0.1) is 0 Å². The number of oxazole rings is 1. The fraction of sp³-hybridized carbons (Fsp3) is 0.444. The van der Waals surface area contributed by atoms with Crippen molar-refractivity contribution >= 4 is 22.8 Å². The smallest absolute Gasteiger partial charge is 0.319 e. The van der Waals surface area contributed by atoms with Gasteiger partial charge in [0.25, 0.3) is 0 Å². The van der Waals surface area contributed by atoms with Crippen LogP contribution in [0.5, 0.6) is 0 Å². The number of carbonyl (C=O) groups excluding carboxylic acids is 1. The van der Waals surface area contributed by atoms with E-state index in [1.165, 1.54) is 5.57 Å². The van der Waals surface area contributed by atoms with Crippen LogP contribution < -0.4 is 10.6 Å². The molecule has 2 aliphatic rings. The van der Waals surface area contributed by atoms with Gasteiger partial charge in [-0.2, -0.15) is 0 Å². The van der Waals surface area contributed by atoms with Crippen molar-refractivity contribution in [2.24, 2.45) is 0 Å². The van der Waals surface area contributed by atoms with Crippen LogP contribution in [0.15, 0.2) is 34.3 Å². The maximum Gasteiger partial charge on any atom is 0.319 e. The summed E-state index contributed by atoms with van der Waals surface area (Å²) in [6.07, 6.45) is 5.51. The van der Waals surface area contributed by atoms with E-state index in [9.17, 15) is 4.79 Å². The van der Waals surface area contributed by atoms with Gasteiger partial charge < -0.3 is 20.0 Å². The largest absolute Gasteiger partial charge is 0.440 e. The normalized spacial score (nSPS) is 18.5. The molecule has 6 nitrogen and oxygen atoms in total. The number of hydrogen-bond donors (Lipinski definition) is 2. The molecule has 2 N–H and O–H groups in total. The monoisotopic (exact) mass is 326 g/mol. The average Bonchev–Trinajstić information content (AvgIpc) is 3.34. The number of aromatic nitrogens is 1. The Morgan fingerprint density at radius 3 is 3.04 bits per heavy atom. The van der Waals surface area contributed by atoms with Crippen molar-refractivity contribution in [3.05, 3.63) is 35.7 Å². The maximum atomic E-state index is 12.1. The average molecular weight is 326 g/mol. The Labute approximate surface area is 140 Å². The topological polar surface area (TPSA) is 70.4 Å². The summed E-state index contributed by atoms with van der Waals surface area (Å²) in [5.41, 5.74) is 3.57. The van der Waals surface area contributed by atoms with Crippen molar-refractivity contribution in [1.29, 1.82) is 0 Å². The summed E-state index contributed by atoms with van der Waals surface area (Å²) in [6, 6.07) is 5.38. The number of rotatable bonds is 4. The van der Waals surface area contributed by atoms with Crippen LogP contribution in [-0.2, 0) is 0 Å². The Kier molecular flexibility index (Phi) is 3.98. The van der Waals surface area contributed by atoms with Gasteiger partial charge in [-0.15, -0.1) is 0 Å². The van der Waals surface area contributed by atoms with Gasteiger partial charge in [-0.1, -0.05) is 11.6 Å². The first-order valence-corrected chi connectivity index (χ1v) is 8.49. The second-order valence-corrected chi connectivity index (χ2v) is 6.69. The lowest BCUT2D eigenvalue weighted by Gasteiger charge is -2.22. The number of carbonyl (C=O) groups is 1. The van der Waals surface area contributed by atoms with E-state index in [1.807, 2.05) is 18.2 Å². The summed E-state index contributed by atoms with van der Waals surface area (Å²) in [5, 5.41) is 5.78. The van der Waals surface area contributed by atoms with Crippen LogP contribution in [0.25, 0.3) is 11.1 Å². The van der Waals surface area contributed by atoms with Crippen LogP contribution in [0.4, 0.5) is 10.5 Å². The zero-order valence-corrected chi connectivity index (χ0v) is 13.8. The first-order chi connectivity index (χ1) is 11.7. The molecule has 4 rings (SSSR count). The summed E-state index contributed by atoms with van der Waals surface area (Å²) < 4.78 is 5.78. The van der Waals surface area contributed by atoms with E-state index in [4.69, 9.17) is 4.42 Å². The second kappa shape index (κ2) is 6.28. The van der Waals surface area contributed by atoms with Gasteiger partial charge in [-0.05, 0) is 38.4 Å². The van der Waals surface area contributed by atoms with Crippen LogP contribution in [0.2, 0.25) is 0 Å². The molecule has 0 radical (unpaired) electrons. The first kappa shape index (κ1) is 15.2. The predicted molar refractivity (Wildman–Crippen MR) is 93.2 cm³/mol. The highest BCUT2D eigenvalue weighted by atomic mass is 16.3. The lowest BCUT2D eigenvalue weighted by molar-refractivity contribution is 0.252. The lowest BCUT2D eigenvalue weighted by Crippen LogP contribution is -2.33. The van der Waals surface area contributed by atoms with Gasteiger partial charge in [-0.25, -0.2) is 9.78 Å². The van der Waals surface area contributed by atoms with Crippen LogP contribution in [0.3, 0.4) is 0 Å². The second-order valence-electron chi connectivity index (χ2n) is 6.69. The minimum Gasteiger partial charge on any atom is -0.440 e. The molecule has 1 saturated carbocycles. The van der Waals surface area contributed by atoms with E-state index in [2.05, 4.69) is 33.6 Å². The van der Waals surface area contributed by atoms with E-state index < -0.39 is 0 Å². The Balaban J connectivity index is 1.35. The van der Waals surface area contributed by atoms with E-state index in [0.29, 0.717) is 12.5 Å². The molecule has 2 heterocycles. The number of hydrogen-bond acceptors (Lipinski definition) is 4. The molecule has 1 aliphatic heterocycles. The molecule has 0 atom stereocenters. The molecular formula is C18H22N4O2. The number of urea groups is 1. The Hall–Kier alpha value is -2.34. The van der Waals surface area contributed by atoms with E-state index in [0.717, 1.165) is 55.0 Å². The third-order valence-corrected chi connectivity index (χ3v) is 4.57. The third kappa shape index (κ3) is 3.43. The Morgan fingerprint density at radius 1 is 1.42 bits per heavy atom. The highest BCUT2D eigenvalue weighted by molar-refractivity contribution is 5.91. The molecular weight excluding hydrogens is 304 g/mol. The summed E-state index contributed by atoms with van der Waals surface area (Å²) in [5.74, 6) is 1.31. The van der Waals surface area contributed by atoms with Gasteiger partial charge in [0, 0.05) is 37.3 Å². The molecule has 2 amide bonds. The number of nitrogens with one attached hydrogen (secondary N) is 2. The van der Waals surface area contributed by atoms with E-state index in [1.54, 1.807) is 0 Å². The summed E-state index contributed by atoms with van der Waals surface area (Å²) in [6.45, 7) is 2.58. The van der Waals surface area contributed by atoms with Crippen molar-refractivity contribution in [3.63, 3.8) is 0 Å². The quantitative estimate of drug-likeness (QED) is 0.847. The molecule has 1 aromatic heterocycles. The minimum atomic E-state index is -0.198. The van der Waals surface area contributed by atoms with Crippen LogP contribution in [0, 0.1) is 0 Å². The van der Waals surface area contributed by atoms with Crippen LogP contribution >= 0.6 is 0 Å². The standard InChI is InChI=1S/C18H22N4O2/c1-22-8-6-12(7-9-22)11-19-18(23)20-14-4-5-15-16(10-14)24-17(21-15)13-2-3-13/h4-6,10,13H,2-3,7-9,11H2,1H3,(H2,19,20,23). The zero-order valence-electron chi connectivity index (χ0n) is 13.8. The molecule has 126 valence electrons. The maximum absolute atomic E-state index is 12.1. The number of likely N-dealkylation sites (N-methyl/N-ethyl adjacent to an activating group) is 1. The predicted octanol–water partition coefficient (Wildman–Crippen LogP) is 3.09. The lowest BCUT2D eigenvalue weighted by atomic mass is 10.1. The van der Waals surface area contributed by atoms with Gasteiger partial charge in [0.15, 0.2) is 11.5 Å². The Bertz CT molecular complexity index is 791. The number of anilines is 1. The van der Waals surface area contributed by atoms with Crippen molar-refractivity contribution in [2.75, 3.05) is 32.0 Å². The Morgan fingerprint density at radius 2 is 2.29 bits per heavy atom. The SMILES string of the molecule is CN1CC=C(CNC(=O)Nc2ccc3nc(C4CC4)oc3c2)CC1. The molecule has 0 unspecified atom stereocenters. The van der Waals surface area contributed by atoms with E-state index in [-0.39, 0.29) is 6.03 Å². The zero-order chi connectivity index (χ0) is 16.5. The van der Waals surface area contributed by atoms with E-state index >= 15 is 0 Å². The van der Waals surface area contributed by atoms with Gasteiger partial charge in [-0.3, -0.25) is 0 Å². The van der Waals surface area contributed by atoms with Gasteiger partial charge >= 0.3 is 6.03 Å². The highest BCUT2D eigenvalue weighted by Gasteiger charge is 2.28. The summed E-state index contributed by atoms with van der Waals surface area (Å²) in [7, 11) is 2.10. The van der Waals surface area contributed by atoms with Gasteiger partial charge in [0.1, 0.15) is 5.52 Å². The minimum absolute atomic E-state index is 0.198. The number of nitrogens with zero attached hydrogens (tertiary/aromatic N) is 2. The number of benzene rings is 1. The molecule has 1 fully saturated rings. The molecule has 0 saturated heterocycles. The summed E-state index contributed by atoms with van der Waals surface area (Å²) in [4.78, 5) is 18.8. The molecule has 1 aliphatic carbocycles. The van der Waals surface area contributed by atoms with Crippen molar-refractivity contribution in [3.8, 4) is 0 Å². The van der Waals surface area contributed by atoms with Gasteiger partial charge in [0.2, 0.25) is 0 Å². The molecule has 2 aromatic rings. The molecule has 0 spiro atoms. The number of fused-ring (bicyclic) bond motifs is 1. The van der Waals surface area contributed by atoms with Crippen molar-refractivity contribution in [2.45, 2.75) is 25.2 Å².